The summed E-state index contributed by atoms with van der Waals surface area (Å²) in [7, 11) is 0. The Kier molecular flexibility index (Phi) is 3.82. The normalized spacial score (nSPS) is 22.0. The van der Waals surface area contributed by atoms with Crippen LogP contribution in [0.2, 0.25) is 0 Å². The Balaban J connectivity index is 1.46. The average molecular weight is 300 g/mol. The van der Waals surface area contributed by atoms with Crippen molar-refractivity contribution in [2.24, 2.45) is 11.3 Å². The lowest BCUT2D eigenvalue weighted by Gasteiger charge is -2.50. The van der Waals surface area contributed by atoms with Gasteiger partial charge in [-0.3, -0.25) is 0 Å². The maximum absolute atomic E-state index is 12.4. The van der Waals surface area contributed by atoms with Crippen molar-refractivity contribution in [1.82, 2.24) is 10.3 Å². The van der Waals surface area contributed by atoms with Gasteiger partial charge in [-0.05, 0) is 62.2 Å². The number of nitrogens with zero attached hydrogens (tertiary/aromatic N) is 1. The van der Waals surface area contributed by atoms with E-state index in [-0.39, 0.29) is 0 Å². The van der Waals surface area contributed by atoms with Gasteiger partial charge in [-0.25, -0.2) is 4.98 Å². The van der Waals surface area contributed by atoms with Gasteiger partial charge in [-0.15, -0.1) is 0 Å². The van der Waals surface area contributed by atoms with Crippen LogP contribution >= 0.6 is 0 Å². The molecule has 1 spiro atoms. The molecule has 2 heterocycles. The van der Waals surface area contributed by atoms with E-state index in [0.29, 0.717) is 23.7 Å². The molecule has 116 valence electrons. The number of ether oxygens (including phenoxy) is 1. The van der Waals surface area contributed by atoms with Gasteiger partial charge in [0.1, 0.15) is 11.4 Å². The minimum Gasteiger partial charge on any atom is -0.492 e. The van der Waals surface area contributed by atoms with Crippen LogP contribution in [0.15, 0.2) is 18.3 Å². The van der Waals surface area contributed by atoms with Gasteiger partial charge >= 0.3 is 6.18 Å². The Morgan fingerprint density at radius 3 is 2.52 bits per heavy atom. The number of hydrogen-bond donors (Lipinski definition) is 1. The molecule has 2 fully saturated rings. The van der Waals surface area contributed by atoms with Crippen molar-refractivity contribution in [3.05, 3.63) is 24.0 Å². The van der Waals surface area contributed by atoms with Crippen molar-refractivity contribution in [2.75, 3.05) is 19.7 Å². The molecule has 0 atom stereocenters. The van der Waals surface area contributed by atoms with E-state index in [0.717, 1.165) is 25.4 Å². The van der Waals surface area contributed by atoms with E-state index >= 15 is 0 Å². The van der Waals surface area contributed by atoms with Crippen LogP contribution in [0, 0.1) is 11.3 Å². The van der Waals surface area contributed by atoms with Gasteiger partial charge in [-0.2, -0.15) is 13.2 Å². The molecule has 1 aliphatic heterocycles. The van der Waals surface area contributed by atoms with E-state index in [9.17, 15) is 13.2 Å². The first-order chi connectivity index (χ1) is 9.97. The molecule has 6 heteroatoms. The first-order valence-corrected chi connectivity index (χ1v) is 7.34. The Morgan fingerprint density at radius 2 is 1.95 bits per heavy atom. The molecule has 2 aliphatic rings. The Morgan fingerprint density at radius 1 is 1.24 bits per heavy atom. The predicted octanol–water partition coefficient (Wildman–Crippen LogP) is 3.26. The highest BCUT2D eigenvalue weighted by Gasteiger charge is 2.44. The monoisotopic (exact) mass is 300 g/mol. The summed E-state index contributed by atoms with van der Waals surface area (Å²) in [6, 6.07) is 2.30. The molecule has 0 unspecified atom stereocenters. The summed E-state index contributed by atoms with van der Waals surface area (Å²) < 4.78 is 42.7. The van der Waals surface area contributed by atoms with Crippen molar-refractivity contribution < 1.29 is 17.9 Å². The second kappa shape index (κ2) is 5.48. The molecule has 1 saturated heterocycles. The van der Waals surface area contributed by atoms with Crippen LogP contribution in [0.1, 0.15) is 31.4 Å². The molecule has 0 bridgehead atoms. The molecule has 1 saturated carbocycles. The predicted molar refractivity (Wildman–Crippen MR) is 72.0 cm³/mol. The quantitative estimate of drug-likeness (QED) is 0.930. The number of hydrogen-bond acceptors (Lipinski definition) is 3. The fourth-order valence-electron chi connectivity index (χ4n) is 3.50. The average Bonchev–Trinajstić information content (AvgIpc) is 2.43. The maximum atomic E-state index is 12.4. The Labute approximate surface area is 121 Å². The standard InChI is InChI=1S/C15H19F3N2O/c16-15(17,18)13-2-1-12(9-20-13)21-10-11-7-14(8-11)3-5-19-6-4-14/h1-2,9,11,19H,3-8,10H2. The lowest BCUT2D eigenvalue weighted by Crippen LogP contribution is -2.46. The number of nitrogens with one attached hydrogen (secondary N) is 1. The third kappa shape index (κ3) is 3.31. The molecule has 0 amide bonds. The van der Waals surface area contributed by atoms with Crippen LogP contribution in [-0.4, -0.2) is 24.7 Å². The molecular weight excluding hydrogens is 281 g/mol. The Bertz CT molecular complexity index is 473. The van der Waals surface area contributed by atoms with Gasteiger partial charge in [-0.1, -0.05) is 0 Å². The minimum absolute atomic E-state index is 0.411. The van der Waals surface area contributed by atoms with Gasteiger partial charge < -0.3 is 10.1 Å². The minimum atomic E-state index is -4.39. The van der Waals surface area contributed by atoms with E-state index in [1.54, 1.807) is 0 Å². The highest BCUT2D eigenvalue weighted by Crippen LogP contribution is 2.51. The molecule has 0 radical (unpaired) electrons. The molecule has 21 heavy (non-hydrogen) atoms. The summed E-state index contributed by atoms with van der Waals surface area (Å²) in [4.78, 5) is 3.40. The number of piperidine rings is 1. The molecule has 3 rings (SSSR count). The van der Waals surface area contributed by atoms with Gasteiger partial charge in [0.25, 0.3) is 0 Å². The van der Waals surface area contributed by atoms with Gasteiger partial charge in [0.05, 0.1) is 12.8 Å². The third-order valence-corrected chi connectivity index (χ3v) is 4.62. The van der Waals surface area contributed by atoms with Crippen molar-refractivity contribution in [3.8, 4) is 5.75 Å². The molecule has 0 aromatic carbocycles. The number of halogens is 3. The smallest absolute Gasteiger partial charge is 0.433 e. The number of pyridine rings is 1. The molecule has 1 aromatic heterocycles. The summed E-state index contributed by atoms with van der Waals surface area (Å²) >= 11 is 0. The van der Waals surface area contributed by atoms with E-state index in [4.69, 9.17) is 4.74 Å². The van der Waals surface area contributed by atoms with Crippen LogP contribution in [0.4, 0.5) is 13.2 Å². The first kappa shape index (κ1) is 14.6. The van der Waals surface area contributed by atoms with Crippen molar-refractivity contribution in [2.45, 2.75) is 31.9 Å². The lowest BCUT2D eigenvalue weighted by molar-refractivity contribution is -0.141. The summed E-state index contributed by atoms with van der Waals surface area (Å²) in [5.41, 5.74) is -0.385. The zero-order valence-electron chi connectivity index (χ0n) is 11.7. The van der Waals surface area contributed by atoms with Crippen LogP contribution < -0.4 is 10.1 Å². The molecule has 1 aliphatic carbocycles. The van der Waals surface area contributed by atoms with E-state index < -0.39 is 11.9 Å². The fourth-order valence-corrected chi connectivity index (χ4v) is 3.50. The fraction of sp³-hybridized carbons (Fsp3) is 0.667. The summed E-state index contributed by atoms with van der Waals surface area (Å²) in [5.74, 6) is 0.930. The van der Waals surface area contributed by atoms with E-state index in [2.05, 4.69) is 10.3 Å². The van der Waals surface area contributed by atoms with E-state index in [1.165, 1.54) is 31.7 Å². The molecule has 3 nitrogen and oxygen atoms in total. The van der Waals surface area contributed by atoms with Gasteiger partial charge in [0.2, 0.25) is 0 Å². The van der Waals surface area contributed by atoms with Gasteiger partial charge in [0, 0.05) is 0 Å². The molecule has 1 aromatic rings. The third-order valence-electron chi connectivity index (χ3n) is 4.62. The van der Waals surface area contributed by atoms with Crippen molar-refractivity contribution >= 4 is 0 Å². The SMILES string of the molecule is FC(F)(F)c1ccc(OCC2CC3(CCNCC3)C2)cn1. The first-order valence-electron chi connectivity index (χ1n) is 7.34. The lowest BCUT2D eigenvalue weighted by atomic mass is 9.58. The van der Waals surface area contributed by atoms with Crippen LogP contribution in [0.25, 0.3) is 0 Å². The maximum Gasteiger partial charge on any atom is 0.433 e. The number of aromatic nitrogens is 1. The summed E-state index contributed by atoms with van der Waals surface area (Å²) in [6.45, 7) is 2.76. The number of alkyl halides is 3. The van der Waals surface area contributed by atoms with Crippen molar-refractivity contribution in [1.29, 1.82) is 0 Å². The summed E-state index contributed by atoms with van der Waals surface area (Å²) in [5, 5.41) is 3.37. The van der Waals surface area contributed by atoms with Crippen molar-refractivity contribution in [3.63, 3.8) is 0 Å². The topological polar surface area (TPSA) is 34.1 Å². The highest BCUT2D eigenvalue weighted by molar-refractivity contribution is 5.21. The second-order valence-electron chi connectivity index (χ2n) is 6.21. The zero-order chi connectivity index (χ0) is 14.9. The highest BCUT2D eigenvalue weighted by atomic mass is 19.4. The van der Waals surface area contributed by atoms with Gasteiger partial charge in [0.15, 0.2) is 0 Å². The number of rotatable bonds is 3. The zero-order valence-corrected chi connectivity index (χ0v) is 11.7. The van der Waals surface area contributed by atoms with Crippen LogP contribution in [0.5, 0.6) is 5.75 Å². The second-order valence-corrected chi connectivity index (χ2v) is 6.21. The summed E-state index contributed by atoms with van der Waals surface area (Å²) in [6.07, 6.45) is 1.55. The Hall–Kier alpha value is -1.30. The van der Waals surface area contributed by atoms with Crippen LogP contribution in [-0.2, 0) is 6.18 Å². The molecular formula is C15H19F3N2O. The van der Waals surface area contributed by atoms with Crippen LogP contribution in [0.3, 0.4) is 0 Å². The van der Waals surface area contributed by atoms with E-state index in [1.807, 2.05) is 0 Å². The largest absolute Gasteiger partial charge is 0.492 e. The molecule has 1 N–H and O–H groups in total.